The highest BCUT2D eigenvalue weighted by Gasteiger charge is 2.13. The van der Waals surface area contributed by atoms with Crippen molar-refractivity contribution in [3.63, 3.8) is 0 Å². The summed E-state index contributed by atoms with van der Waals surface area (Å²) in [7, 11) is 0. The zero-order chi connectivity index (χ0) is 14.5. The van der Waals surface area contributed by atoms with Crippen molar-refractivity contribution in [2.24, 2.45) is 0 Å². The minimum Gasteiger partial charge on any atom is -0.349 e. The topological polar surface area (TPSA) is 68.0 Å². The molecule has 2 heterocycles. The van der Waals surface area contributed by atoms with E-state index >= 15 is 0 Å². The van der Waals surface area contributed by atoms with Gasteiger partial charge >= 0.3 is 0 Å². The molecule has 1 N–H and O–H groups in total. The van der Waals surface area contributed by atoms with Crippen molar-refractivity contribution in [2.45, 2.75) is 45.6 Å². The van der Waals surface area contributed by atoms with Crippen LogP contribution < -0.4 is 5.32 Å². The third-order valence-corrected chi connectivity index (χ3v) is 3.97. The number of rotatable bonds is 6. The maximum absolute atomic E-state index is 11.9. The average molecular weight is 293 g/mol. The van der Waals surface area contributed by atoms with Gasteiger partial charge in [-0.1, -0.05) is 25.1 Å². The van der Waals surface area contributed by atoms with Crippen LogP contribution >= 0.6 is 11.3 Å². The quantitative estimate of drug-likeness (QED) is 0.888. The van der Waals surface area contributed by atoms with Gasteiger partial charge in [0.2, 0.25) is 11.8 Å². The Hall–Kier alpha value is -1.69. The van der Waals surface area contributed by atoms with E-state index < -0.39 is 0 Å². The first-order valence-corrected chi connectivity index (χ1v) is 7.59. The van der Waals surface area contributed by atoms with E-state index in [1.807, 2.05) is 38.3 Å². The van der Waals surface area contributed by atoms with Crippen LogP contribution in [-0.2, 0) is 11.2 Å². The van der Waals surface area contributed by atoms with E-state index in [1.165, 1.54) is 0 Å². The number of hydrogen-bond acceptors (Lipinski definition) is 5. The van der Waals surface area contributed by atoms with Gasteiger partial charge in [-0.15, -0.1) is 11.3 Å². The second-order valence-electron chi connectivity index (χ2n) is 5.01. The first-order chi connectivity index (χ1) is 9.56. The molecule has 0 aliphatic carbocycles. The van der Waals surface area contributed by atoms with E-state index in [2.05, 4.69) is 15.5 Å². The zero-order valence-electron chi connectivity index (χ0n) is 11.9. The number of aromatic nitrogens is 2. The summed E-state index contributed by atoms with van der Waals surface area (Å²) in [6.07, 6.45) is 0.832. The Morgan fingerprint density at radius 3 is 2.85 bits per heavy atom. The molecule has 0 aliphatic heterocycles. The van der Waals surface area contributed by atoms with E-state index in [-0.39, 0.29) is 17.9 Å². The first kappa shape index (κ1) is 14.7. The van der Waals surface area contributed by atoms with Crippen molar-refractivity contribution in [3.8, 4) is 0 Å². The summed E-state index contributed by atoms with van der Waals surface area (Å²) < 4.78 is 5.11. The Kier molecular flexibility index (Phi) is 4.89. The summed E-state index contributed by atoms with van der Waals surface area (Å²) >= 11 is 1.64. The Morgan fingerprint density at radius 2 is 2.25 bits per heavy atom. The molecule has 6 heteroatoms. The molecule has 2 rings (SSSR count). The van der Waals surface area contributed by atoms with Crippen LogP contribution in [0.25, 0.3) is 0 Å². The summed E-state index contributed by atoms with van der Waals surface area (Å²) in [6.45, 7) is 5.99. The number of nitrogens with one attached hydrogen (secondary N) is 1. The Balaban J connectivity index is 1.80. The fourth-order valence-electron chi connectivity index (χ4n) is 1.75. The van der Waals surface area contributed by atoms with Crippen LogP contribution in [0, 0.1) is 0 Å². The summed E-state index contributed by atoms with van der Waals surface area (Å²) in [6, 6.07) is 4.04. The summed E-state index contributed by atoms with van der Waals surface area (Å²) in [4.78, 5) is 17.3. The van der Waals surface area contributed by atoms with Crippen molar-refractivity contribution in [3.05, 3.63) is 34.1 Å². The van der Waals surface area contributed by atoms with Crippen LogP contribution in [0.4, 0.5) is 0 Å². The van der Waals surface area contributed by atoms with Gasteiger partial charge in [0, 0.05) is 23.6 Å². The van der Waals surface area contributed by atoms with Crippen molar-refractivity contribution in [2.75, 3.05) is 0 Å². The predicted molar refractivity (Wildman–Crippen MR) is 77.6 cm³/mol. The lowest BCUT2D eigenvalue weighted by Crippen LogP contribution is -2.26. The van der Waals surface area contributed by atoms with E-state index in [9.17, 15) is 4.79 Å². The van der Waals surface area contributed by atoms with Gasteiger partial charge in [-0.25, -0.2) is 0 Å². The van der Waals surface area contributed by atoms with Crippen LogP contribution in [0.2, 0.25) is 0 Å². The highest BCUT2D eigenvalue weighted by Crippen LogP contribution is 2.18. The maximum Gasteiger partial charge on any atom is 0.227 e. The molecule has 108 valence electrons. The summed E-state index contributed by atoms with van der Waals surface area (Å²) in [5.41, 5.74) is 0. The first-order valence-electron chi connectivity index (χ1n) is 6.71. The van der Waals surface area contributed by atoms with E-state index in [4.69, 9.17) is 4.52 Å². The Morgan fingerprint density at radius 1 is 1.45 bits per heavy atom. The Bertz CT molecular complexity index is 549. The maximum atomic E-state index is 11.9. The normalized spacial score (nSPS) is 12.6. The smallest absolute Gasteiger partial charge is 0.227 e. The lowest BCUT2D eigenvalue weighted by atomic mass is 10.2. The van der Waals surface area contributed by atoms with Gasteiger partial charge in [-0.3, -0.25) is 4.79 Å². The number of carbonyl (C=O) groups excluding carboxylic acids is 1. The van der Waals surface area contributed by atoms with Gasteiger partial charge in [0.1, 0.15) is 0 Å². The lowest BCUT2D eigenvalue weighted by molar-refractivity contribution is -0.121. The molecule has 0 radical (unpaired) electrons. The van der Waals surface area contributed by atoms with Crippen LogP contribution in [0.15, 0.2) is 22.0 Å². The Labute approximate surface area is 122 Å². The molecule has 2 aromatic rings. The summed E-state index contributed by atoms with van der Waals surface area (Å²) in [5, 5.41) is 8.85. The number of amides is 1. The molecule has 1 atom stereocenters. The highest BCUT2D eigenvalue weighted by atomic mass is 32.1. The molecule has 0 fully saturated rings. The zero-order valence-corrected chi connectivity index (χ0v) is 12.7. The lowest BCUT2D eigenvalue weighted by Gasteiger charge is -2.11. The molecule has 0 aliphatic rings. The molecule has 0 spiro atoms. The second-order valence-corrected chi connectivity index (χ2v) is 5.98. The monoisotopic (exact) mass is 293 g/mol. The predicted octanol–water partition coefficient (Wildman–Crippen LogP) is 3.06. The average Bonchev–Trinajstić information content (AvgIpc) is 3.07. The van der Waals surface area contributed by atoms with E-state index in [0.29, 0.717) is 24.6 Å². The van der Waals surface area contributed by atoms with Crippen molar-refractivity contribution in [1.82, 2.24) is 15.5 Å². The van der Waals surface area contributed by atoms with Gasteiger partial charge in [0.25, 0.3) is 0 Å². The van der Waals surface area contributed by atoms with Crippen molar-refractivity contribution >= 4 is 17.2 Å². The van der Waals surface area contributed by atoms with Crippen molar-refractivity contribution in [1.29, 1.82) is 0 Å². The van der Waals surface area contributed by atoms with Gasteiger partial charge in [-0.2, -0.15) is 4.98 Å². The fourth-order valence-corrected chi connectivity index (χ4v) is 2.48. The SMILES string of the molecule is CC(C)c1noc(CCC(=O)N[C@@H](C)c2cccs2)n1. The molecular weight excluding hydrogens is 274 g/mol. The largest absolute Gasteiger partial charge is 0.349 e. The van der Waals surface area contributed by atoms with Gasteiger partial charge in [0.05, 0.1) is 6.04 Å². The standard InChI is InChI=1S/C14H19N3O2S/c1-9(2)14-16-13(19-17-14)7-6-12(18)15-10(3)11-5-4-8-20-11/h4-5,8-10H,6-7H2,1-3H3,(H,15,18)/t10-/m0/s1. The van der Waals surface area contributed by atoms with Crippen LogP contribution in [0.1, 0.15) is 55.7 Å². The number of thiophene rings is 1. The number of hydrogen-bond donors (Lipinski definition) is 1. The molecule has 0 saturated heterocycles. The van der Waals surface area contributed by atoms with Crippen LogP contribution in [0.5, 0.6) is 0 Å². The third-order valence-electron chi connectivity index (χ3n) is 2.91. The molecule has 5 nitrogen and oxygen atoms in total. The molecule has 0 unspecified atom stereocenters. The van der Waals surface area contributed by atoms with Crippen LogP contribution in [-0.4, -0.2) is 16.0 Å². The molecular formula is C14H19N3O2S. The van der Waals surface area contributed by atoms with Crippen molar-refractivity contribution < 1.29 is 9.32 Å². The molecule has 2 aromatic heterocycles. The minimum atomic E-state index is -0.00445. The van der Waals surface area contributed by atoms with Gasteiger partial charge < -0.3 is 9.84 Å². The highest BCUT2D eigenvalue weighted by molar-refractivity contribution is 7.10. The molecule has 0 aromatic carbocycles. The molecule has 0 saturated carbocycles. The second kappa shape index (κ2) is 6.65. The van der Waals surface area contributed by atoms with E-state index in [0.717, 1.165) is 4.88 Å². The molecule has 0 bridgehead atoms. The molecule has 20 heavy (non-hydrogen) atoms. The van der Waals surface area contributed by atoms with E-state index in [1.54, 1.807) is 11.3 Å². The number of carbonyl (C=O) groups is 1. The number of aryl methyl sites for hydroxylation is 1. The van der Waals surface area contributed by atoms with Gasteiger partial charge in [-0.05, 0) is 18.4 Å². The summed E-state index contributed by atoms with van der Waals surface area (Å²) in [5.74, 6) is 1.44. The number of nitrogens with zero attached hydrogens (tertiary/aromatic N) is 2. The molecule has 1 amide bonds. The fraction of sp³-hybridized carbons (Fsp3) is 0.500. The third kappa shape index (κ3) is 3.90. The van der Waals surface area contributed by atoms with Crippen LogP contribution in [0.3, 0.4) is 0 Å². The van der Waals surface area contributed by atoms with Gasteiger partial charge in [0.15, 0.2) is 5.82 Å². The minimum absolute atomic E-state index is 0.00445.